The van der Waals surface area contributed by atoms with Gasteiger partial charge >= 0.3 is 6.03 Å². The van der Waals surface area contributed by atoms with E-state index in [9.17, 15) is 9.59 Å². The third kappa shape index (κ3) is 2.95. The molecule has 0 saturated carbocycles. The van der Waals surface area contributed by atoms with Crippen molar-refractivity contribution < 1.29 is 9.59 Å². The van der Waals surface area contributed by atoms with E-state index in [-0.39, 0.29) is 5.91 Å². The predicted molar refractivity (Wildman–Crippen MR) is 58.9 cm³/mol. The van der Waals surface area contributed by atoms with Crippen LogP contribution in [0.3, 0.4) is 0 Å². The zero-order valence-electron chi connectivity index (χ0n) is 8.80. The minimum Gasteiger partial charge on any atom is -0.340 e. The van der Waals surface area contributed by atoms with Crippen LogP contribution in [0.25, 0.3) is 0 Å². The van der Waals surface area contributed by atoms with Gasteiger partial charge < -0.3 is 5.32 Å². The average molecular weight is 227 g/mol. The standard InChI is InChI=1S/C9H13N3O2S/c1-5-4-7(15-6(5)2)8(13)11-12-9(14)10-3/h4H,1-3H3,(H,11,13)(H2,10,12,14). The van der Waals surface area contributed by atoms with Crippen molar-refractivity contribution >= 4 is 23.3 Å². The van der Waals surface area contributed by atoms with Crippen LogP contribution in [0, 0.1) is 13.8 Å². The fourth-order valence-corrected chi connectivity index (χ4v) is 1.85. The minimum absolute atomic E-state index is 0.306. The molecule has 0 aliphatic carbocycles. The summed E-state index contributed by atoms with van der Waals surface area (Å²) < 4.78 is 0. The fourth-order valence-electron chi connectivity index (χ4n) is 0.923. The summed E-state index contributed by atoms with van der Waals surface area (Å²) in [6.45, 7) is 3.89. The first-order valence-corrected chi connectivity index (χ1v) is 5.21. The molecular weight excluding hydrogens is 214 g/mol. The van der Waals surface area contributed by atoms with E-state index < -0.39 is 6.03 Å². The molecule has 0 unspecified atom stereocenters. The van der Waals surface area contributed by atoms with Crippen LogP contribution in [0.1, 0.15) is 20.1 Å². The summed E-state index contributed by atoms with van der Waals surface area (Å²) in [4.78, 5) is 24.0. The Bertz CT molecular complexity index is 367. The summed E-state index contributed by atoms with van der Waals surface area (Å²) in [5, 5.41) is 2.33. The number of carbonyl (C=O) groups is 2. The van der Waals surface area contributed by atoms with Gasteiger partial charge in [0.25, 0.3) is 5.91 Å². The van der Waals surface area contributed by atoms with E-state index in [0.717, 1.165) is 10.4 Å². The molecule has 1 aromatic rings. The molecule has 1 heterocycles. The monoisotopic (exact) mass is 227 g/mol. The number of carbonyl (C=O) groups excluding carboxylic acids is 2. The van der Waals surface area contributed by atoms with Crippen LogP contribution < -0.4 is 16.2 Å². The number of urea groups is 1. The average Bonchev–Trinajstić information content (AvgIpc) is 2.55. The van der Waals surface area contributed by atoms with Crippen molar-refractivity contribution in [2.45, 2.75) is 13.8 Å². The number of amides is 3. The van der Waals surface area contributed by atoms with Crippen LogP contribution in [0.5, 0.6) is 0 Å². The fraction of sp³-hybridized carbons (Fsp3) is 0.333. The van der Waals surface area contributed by atoms with Gasteiger partial charge in [0.15, 0.2) is 0 Å². The van der Waals surface area contributed by atoms with Crippen molar-refractivity contribution in [3.63, 3.8) is 0 Å². The van der Waals surface area contributed by atoms with Crippen molar-refractivity contribution in [2.24, 2.45) is 0 Å². The quantitative estimate of drug-likeness (QED) is 0.625. The molecule has 0 radical (unpaired) electrons. The van der Waals surface area contributed by atoms with Gasteiger partial charge in [0.2, 0.25) is 0 Å². The Morgan fingerprint density at radius 1 is 1.27 bits per heavy atom. The number of hydrogen-bond acceptors (Lipinski definition) is 3. The van der Waals surface area contributed by atoms with E-state index in [0.29, 0.717) is 4.88 Å². The molecule has 1 aromatic heterocycles. The minimum atomic E-state index is -0.451. The summed E-state index contributed by atoms with van der Waals surface area (Å²) in [5.74, 6) is -0.306. The van der Waals surface area contributed by atoms with Crippen LogP contribution >= 0.6 is 11.3 Å². The smallest absolute Gasteiger partial charge is 0.333 e. The highest BCUT2D eigenvalue weighted by Crippen LogP contribution is 2.19. The topological polar surface area (TPSA) is 70.2 Å². The molecule has 0 saturated heterocycles. The van der Waals surface area contributed by atoms with Crippen molar-refractivity contribution in [3.05, 3.63) is 21.4 Å². The lowest BCUT2D eigenvalue weighted by Crippen LogP contribution is -2.45. The lowest BCUT2D eigenvalue weighted by atomic mass is 10.3. The maximum Gasteiger partial charge on any atom is 0.333 e. The Balaban J connectivity index is 2.58. The second kappa shape index (κ2) is 4.79. The van der Waals surface area contributed by atoms with Crippen LogP contribution in [-0.2, 0) is 0 Å². The second-order valence-corrected chi connectivity index (χ2v) is 4.26. The van der Waals surface area contributed by atoms with Gasteiger partial charge in [-0.25, -0.2) is 10.2 Å². The van der Waals surface area contributed by atoms with E-state index in [1.54, 1.807) is 6.07 Å². The van der Waals surface area contributed by atoms with Crippen molar-refractivity contribution in [3.8, 4) is 0 Å². The zero-order valence-corrected chi connectivity index (χ0v) is 9.62. The van der Waals surface area contributed by atoms with Gasteiger partial charge in [0.1, 0.15) is 0 Å². The first-order valence-electron chi connectivity index (χ1n) is 4.39. The number of rotatable bonds is 1. The van der Waals surface area contributed by atoms with E-state index in [4.69, 9.17) is 0 Å². The molecule has 5 nitrogen and oxygen atoms in total. The highest BCUT2D eigenvalue weighted by atomic mass is 32.1. The highest BCUT2D eigenvalue weighted by Gasteiger charge is 2.10. The molecule has 0 aliphatic rings. The molecule has 0 fully saturated rings. The van der Waals surface area contributed by atoms with Gasteiger partial charge in [-0.3, -0.25) is 10.2 Å². The summed E-state index contributed by atoms with van der Waals surface area (Å²) in [6, 6.07) is 1.34. The van der Waals surface area contributed by atoms with Crippen molar-refractivity contribution in [2.75, 3.05) is 7.05 Å². The van der Waals surface area contributed by atoms with Crippen LogP contribution in [-0.4, -0.2) is 19.0 Å². The van der Waals surface area contributed by atoms with Gasteiger partial charge in [0, 0.05) is 11.9 Å². The molecule has 6 heteroatoms. The first-order chi connectivity index (χ1) is 7.04. The third-order valence-electron chi connectivity index (χ3n) is 1.91. The van der Waals surface area contributed by atoms with Crippen LogP contribution in [0.4, 0.5) is 4.79 Å². The number of hydrogen-bond donors (Lipinski definition) is 3. The lowest BCUT2D eigenvalue weighted by Gasteiger charge is -2.04. The maximum atomic E-state index is 11.5. The van der Waals surface area contributed by atoms with Gasteiger partial charge in [-0.15, -0.1) is 11.3 Å². The normalized spacial score (nSPS) is 9.53. The molecule has 15 heavy (non-hydrogen) atoms. The van der Waals surface area contributed by atoms with E-state index in [1.165, 1.54) is 18.4 Å². The van der Waals surface area contributed by atoms with Gasteiger partial charge in [-0.05, 0) is 25.5 Å². The lowest BCUT2D eigenvalue weighted by molar-refractivity contribution is 0.0940. The Morgan fingerprint density at radius 2 is 1.93 bits per heavy atom. The summed E-state index contributed by atoms with van der Waals surface area (Å²) in [5.41, 5.74) is 5.59. The number of thiophene rings is 1. The van der Waals surface area contributed by atoms with Gasteiger partial charge in [-0.1, -0.05) is 0 Å². The molecule has 82 valence electrons. The zero-order chi connectivity index (χ0) is 11.4. The van der Waals surface area contributed by atoms with Crippen molar-refractivity contribution in [1.82, 2.24) is 16.2 Å². The Labute approximate surface area is 91.8 Å². The van der Waals surface area contributed by atoms with E-state index in [2.05, 4.69) is 16.2 Å². The van der Waals surface area contributed by atoms with Crippen LogP contribution in [0.2, 0.25) is 0 Å². The molecule has 0 atom stereocenters. The molecule has 0 spiro atoms. The molecule has 3 N–H and O–H groups in total. The molecule has 3 amide bonds. The number of aryl methyl sites for hydroxylation is 2. The first kappa shape index (κ1) is 11.5. The SMILES string of the molecule is CNC(=O)NNC(=O)c1cc(C)c(C)s1. The largest absolute Gasteiger partial charge is 0.340 e. The number of hydrazine groups is 1. The number of nitrogens with one attached hydrogen (secondary N) is 3. The second-order valence-electron chi connectivity index (χ2n) is 3.01. The highest BCUT2D eigenvalue weighted by molar-refractivity contribution is 7.14. The van der Waals surface area contributed by atoms with Gasteiger partial charge in [0.05, 0.1) is 4.88 Å². The molecular formula is C9H13N3O2S. The van der Waals surface area contributed by atoms with Crippen molar-refractivity contribution in [1.29, 1.82) is 0 Å². The molecule has 0 aliphatic heterocycles. The molecule has 0 aromatic carbocycles. The Kier molecular flexibility index (Phi) is 3.68. The summed E-state index contributed by atoms with van der Waals surface area (Å²) >= 11 is 1.40. The van der Waals surface area contributed by atoms with Gasteiger partial charge in [-0.2, -0.15) is 0 Å². The molecule has 1 rings (SSSR count). The van der Waals surface area contributed by atoms with Crippen LogP contribution in [0.15, 0.2) is 6.07 Å². The predicted octanol–water partition coefficient (Wildman–Crippen LogP) is 0.939. The Morgan fingerprint density at radius 3 is 2.40 bits per heavy atom. The third-order valence-corrected chi connectivity index (χ3v) is 3.06. The Hall–Kier alpha value is -1.56. The summed E-state index contributed by atoms with van der Waals surface area (Å²) in [7, 11) is 1.47. The molecule has 0 bridgehead atoms. The van der Waals surface area contributed by atoms with E-state index in [1.807, 2.05) is 13.8 Å². The van der Waals surface area contributed by atoms with E-state index >= 15 is 0 Å². The summed E-state index contributed by atoms with van der Waals surface area (Å²) in [6.07, 6.45) is 0. The maximum absolute atomic E-state index is 11.5.